The Labute approximate surface area is 237 Å². The lowest BCUT2D eigenvalue weighted by Crippen LogP contribution is -2.30. The van der Waals surface area contributed by atoms with Gasteiger partial charge in [-0.25, -0.2) is 0 Å². The molecule has 2 aromatic carbocycles. The van der Waals surface area contributed by atoms with Gasteiger partial charge in [-0.05, 0) is 24.1 Å². The van der Waals surface area contributed by atoms with Crippen molar-refractivity contribution in [2.45, 2.75) is 103 Å². The van der Waals surface area contributed by atoms with E-state index < -0.39 is 17.7 Å². The number of ketones is 1. The Bertz CT molecular complexity index is 1030. The van der Waals surface area contributed by atoms with E-state index in [4.69, 9.17) is 0 Å². The maximum absolute atomic E-state index is 13.1. The lowest BCUT2D eigenvalue weighted by Gasteiger charge is -2.25. The molecule has 1 atom stereocenters. The van der Waals surface area contributed by atoms with Gasteiger partial charge >= 0.3 is 0 Å². The van der Waals surface area contributed by atoms with Crippen LogP contribution in [0.25, 0.3) is 5.76 Å². The zero-order valence-corrected chi connectivity index (χ0v) is 24.6. The average molecular weight is 583 g/mol. The highest BCUT2D eigenvalue weighted by Crippen LogP contribution is 2.39. The molecule has 4 nitrogen and oxygen atoms in total. The number of aliphatic hydroxyl groups excluding tert-OH is 1. The number of unbranched alkanes of at least 4 members (excludes halogenated alkanes) is 13. The van der Waals surface area contributed by atoms with E-state index in [1.807, 2.05) is 42.5 Å². The number of halogens is 1. The predicted octanol–water partition coefficient (Wildman–Crippen LogP) is 9.35. The van der Waals surface area contributed by atoms with Crippen molar-refractivity contribution in [2.75, 3.05) is 6.54 Å². The monoisotopic (exact) mass is 581 g/mol. The molecule has 1 aliphatic heterocycles. The zero-order valence-electron chi connectivity index (χ0n) is 23.0. The van der Waals surface area contributed by atoms with Gasteiger partial charge in [0.2, 0.25) is 0 Å². The minimum Gasteiger partial charge on any atom is -0.507 e. The standard InChI is InChI=1S/C33H44BrNO3/c1-2-3-4-5-6-7-8-9-10-11-12-13-14-18-25-35-30(26-19-16-15-17-20-26)29(32(37)33(35)38)31(36)27-21-23-28(34)24-22-27/h15-17,19-24,30,36H,2-14,18,25H2,1H3/b31-29+/t30-/m0/s1. The molecular formula is C33H44BrNO3. The summed E-state index contributed by atoms with van der Waals surface area (Å²) in [6.45, 7) is 2.78. The first kappa shape index (κ1) is 30.1. The number of amides is 1. The fourth-order valence-corrected chi connectivity index (χ4v) is 5.60. The van der Waals surface area contributed by atoms with E-state index in [0.717, 1.165) is 29.3 Å². The first-order valence-electron chi connectivity index (χ1n) is 14.6. The Morgan fingerprint density at radius 1 is 0.737 bits per heavy atom. The van der Waals surface area contributed by atoms with Crippen molar-refractivity contribution >= 4 is 33.4 Å². The third-order valence-corrected chi connectivity index (χ3v) is 8.05. The average Bonchev–Trinajstić information content (AvgIpc) is 3.18. The summed E-state index contributed by atoms with van der Waals surface area (Å²) < 4.78 is 0.881. The van der Waals surface area contributed by atoms with E-state index in [-0.39, 0.29) is 11.3 Å². The van der Waals surface area contributed by atoms with Gasteiger partial charge in [0.05, 0.1) is 11.6 Å². The van der Waals surface area contributed by atoms with Crippen LogP contribution in [-0.2, 0) is 9.59 Å². The molecule has 206 valence electrons. The van der Waals surface area contributed by atoms with Gasteiger partial charge in [-0.3, -0.25) is 9.59 Å². The molecule has 0 aliphatic carbocycles. The largest absolute Gasteiger partial charge is 0.507 e. The van der Waals surface area contributed by atoms with E-state index in [1.165, 1.54) is 70.6 Å². The molecule has 5 heteroatoms. The first-order chi connectivity index (χ1) is 18.5. The molecule has 0 bridgehead atoms. The van der Waals surface area contributed by atoms with Gasteiger partial charge in [-0.1, -0.05) is 149 Å². The highest BCUT2D eigenvalue weighted by atomic mass is 79.9. The molecule has 38 heavy (non-hydrogen) atoms. The molecule has 2 aromatic rings. The Morgan fingerprint density at radius 2 is 1.24 bits per heavy atom. The third kappa shape index (κ3) is 8.83. The van der Waals surface area contributed by atoms with E-state index in [2.05, 4.69) is 22.9 Å². The predicted molar refractivity (Wildman–Crippen MR) is 160 cm³/mol. The van der Waals surface area contributed by atoms with Crippen molar-refractivity contribution in [3.05, 3.63) is 75.8 Å². The number of nitrogens with zero attached hydrogens (tertiary/aromatic N) is 1. The zero-order chi connectivity index (χ0) is 27.2. The number of hydrogen-bond donors (Lipinski definition) is 1. The summed E-state index contributed by atoms with van der Waals surface area (Å²) in [5, 5.41) is 11.1. The highest BCUT2D eigenvalue weighted by molar-refractivity contribution is 9.10. The normalized spacial score (nSPS) is 16.9. The summed E-state index contributed by atoms with van der Waals surface area (Å²) in [5.41, 5.74) is 1.55. The summed E-state index contributed by atoms with van der Waals surface area (Å²) >= 11 is 3.40. The van der Waals surface area contributed by atoms with Crippen LogP contribution in [0.1, 0.15) is 114 Å². The molecule has 0 saturated carbocycles. The molecule has 0 radical (unpaired) electrons. The van der Waals surface area contributed by atoms with Crippen molar-refractivity contribution in [1.29, 1.82) is 0 Å². The second kappa shape index (κ2) is 16.5. The van der Waals surface area contributed by atoms with Gasteiger partial charge in [-0.2, -0.15) is 0 Å². The van der Waals surface area contributed by atoms with Crippen LogP contribution >= 0.6 is 15.9 Å². The minimum atomic E-state index is -0.607. The molecule has 1 amide bonds. The van der Waals surface area contributed by atoms with Crippen LogP contribution in [0.3, 0.4) is 0 Å². The van der Waals surface area contributed by atoms with E-state index >= 15 is 0 Å². The summed E-state index contributed by atoms with van der Waals surface area (Å²) in [6.07, 6.45) is 17.8. The van der Waals surface area contributed by atoms with Gasteiger partial charge in [0, 0.05) is 16.6 Å². The van der Waals surface area contributed by atoms with Gasteiger partial charge in [0.25, 0.3) is 11.7 Å². The Hall–Kier alpha value is -2.40. The molecule has 3 rings (SSSR count). The molecule has 1 aliphatic rings. The van der Waals surface area contributed by atoms with Crippen LogP contribution < -0.4 is 0 Å². The Morgan fingerprint density at radius 3 is 1.76 bits per heavy atom. The van der Waals surface area contributed by atoms with Crippen molar-refractivity contribution in [3.8, 4) is 0 Å². The van der Waals surface area contributed by atoms with Gasteiger partial charge in [-0.15, -0.1) is 0 Å². The van der Waals surface area contributed by atoms with Crippen molar-refractivity contribution in [1.82, 2.24) is 4.90 Å². The lowest BCUT2D eigenvalue weighted by molar-refractivity contribution is -0.139. The molecule has 1 saturated heterocycles. The highest BCUT2D eigenvalue weighted by Gasteiger charge is 2.45. The number of Topliss-reactive ketones (excluding diaryl/α,β-unsaturated/α-hetero) is 1. The van der Waals surface area contributed by atoms with E-state index in [1.54, 1.807) is 17.0 Å². The SMILES string of the molecule is CCCCCCCCCCCCCCCCN1C(=O)C(=O)/C(=C(/O)c2ccc(Br)cc2)[C@@H]1c1ccccc1. The summed E-state index contributed by atoms with van der Waals surface area (Å²) in [5.74, 6) is -1.25. The number of carbonyl (C=O) groups excluding carboxylic acids is 2. The summed E-state index contributed by atoms with van der Waals surface area (Å²) in [6, 6.07) is 16.1. The van der Waals surface area contributed by atoms with Gasteiger partial charge < -0.3 is 10.0 Å². The van der Waals surface area contributed by atoms with Crippen LogP contribution in [0, 0.1) is 0 Å². The summed E-state index contributed by atoms with van der Waals surface area (Å²) in [7, 11) is 0. The minimum absolute atomic E-state index is 0.117. The summed E-state index contributed by atoms with van der Waals surface area (Å²) in [4.78, 5) is 27.8. The number of hydrogen-bond acceptors (Lipinski definition) is 3. The number of aliphatic hydroxyl groups is 1. The van der Waals surface area contributed by atoms with Gasteiger partial charge in [0.1, 0.15) is 5.76 Å². The first-order valence-corrected chi connectivity index (χ1v) is 15.4. The van der Waals surface area contributed by atoms with Gasteiger partial charge in [0.15, 0.2) is 0 Å². The van der Waals surface area contributed by atoms with Crippen LogP contribution in [0.15, 0.2) is 64.6 Å². The maximum atomic E-state index is 13.1. The van der Waals surface area contributed by atoms with Crippen molar-refractivity contribution < 1.29 is 14.7 Å². The van der Waals surface area contributed by atoms with Crippen LogP contribution in [0.4, 0.5) is 0 Å². The fourth-order valence-electron chi connectivity index (χ4n) is 5.33. The molecule has 1 N–H and O–H groups in total. The molecule has 1 fully saturated rings. The molecular weight excluding hydrogens is 538 g/mol. The molecule has 1 heterocycles. The van der Waals surface area contributed by atoms with Crippen molar-refractivity contribution in [2.24, 2.45) is 0 Å². The maximum Gasteiger partial charge on any atom is 0.295 e. The second-order valence-electron chi connectivity index (χ2n) is 10.5. The van der Waals surface area contributed by atoms with Crippen LogP contribution in [0.5, 0.6) is 0 Å². The molecule has 0 unspecified atom stereocenters. The third-order valence-electron chi connectivity index (χ3n) is 7.53. The topological polar surface area (TPSA) is 57.6 Å². The number of rotatable bonds is 17. The number of carbonyl (C=O) groups is 2. The Balaban J connectivity index is 1.49. The van der Waals surface area contributed by atoms with Crippen molar-refractivity contribution in [3.63, 3.8) is 0 Å². The molecule has 0 spiro atoms. The van der Waals surface area contributed by atoms with Crippen LogP contribution in [0.2, 0.25) is 0 Å². The van der Waals surface area contributed by atoms with E-state index in [9.17, 15) is 14.7 Å². The molecule has 0 aromatic heterocycles. The smallest absolute Gasteiger partial charge is 0.295 e. The quantitative estimate of drug-likeness (QED) is 0.0875. The fraction of sp³-hybridized carbons (Fsp3) is 0.515. The second-order valence-corrected chi connectivity index (χ2v) is 11.4. The lowest BCUT2D eigenvalue weighted by atomic mass is 9.95. The number of likely N-dealkylation sites (tertiary alicyclic amines) is 1. The Kier molecular flexibility index (Phi) is 13.1. The number of benzene rings is 2. The van der Waals surface area contributed by atoms with Crippen LogP contribution in [-0.4, -0.2) is 28.2 Å². The van der Waals surface area contributed by atoms with E-state index in [0.29, 0.717) is 12.1 Å².